The van der Waals surface area contributed by atoms with Crippen molar-refractivity contribution in [3.05, 3.63) is 36.7 Å². The van der Waals surface area contributed by atoms with Crippen molar-refractivity contribution >= 4 is 17.8 Å². The molecule has 1 aliphatic heterocycles. The maximum Gasteiger partial charge on any atom is 0.328 e. The molecule has 7 heteroatoms. The van der Waals surface area contributed by atoms with E-state index in [1.807, 2.05) is 43.5 Å². The van der Waals surface area contributed by atoms with E-state index in [0.29, 0.717) is 18.7 Å². The van der Waals surface area contributed by atoms with Crippen LogP contribution in [0.1, 0.15) is 13.8 Å². The highest BCUT2D eigenvalue weighted by Gasteiger charge is 2.17. The second kappa shape index (κ2) is 8.78. The van der Waals surface area contributed by atoms with Crippen molar-refractivity contribution in [2.75, 3.05) is 20.6 Å². The first-order valence-corrected chi connectivity index (χ1v) is 6.52. The van der Waals surface area contributed by atoms with Gasteiger partial charge in [-0.05, 0) is 14.1 Å². The topological polar surface area (TPSA) is 98.2 Å². The molecule has 1 rings (SSSR count). The molecule has 0 aromatic heterocycles. The highest BCUT2D eigenvalue weighted by molar-refractivity contribution is 5.89. The van der Waals surface area contributed by atoms with E-state index in [1.165, 1.54) is 0 Å². The van der Waals surface area contributed by atoms with E-state index >= 15 is 0 Å². The number of carboxylic acid groups (broad SMARTS) is 2. The molecule has 1 heterocycles. The highest BCUT2D eigenvalue weighted by Crippen LogP contribution is 2.23. The number of carbonyl (C=O) groups is 3. The van der Waals surface area contributed by atoms with Gasteiger partial charge in [0.05, 0.1) is 6.54 Å². The fourth-order valence-corrected chi connectivity index (χ4v) is 1.31. The van der Waals surface area contributed by atoms with Crippen LogP contribution in [0.15, 0.2) is 36.7 Å². The van der Waals surface area contributed by atoms with Gasteiger partial charge in [-0.3, -0.25) is 9.69 Å². The number of nitrogens with zero attached hydrogens (tertiary/aromatic N) is 2. The predicted octanol–water partition coefficient (Wildman–Crippen LogP) is 1.16. The van der Waals surface area contributed by atoms with Crippen molar-refractivity contribution in [3.63, 3.8) is 0 Å². The standard InChI is InChI=1S/C11H18N2O.C4H4O4/c1-11(2)5-7-13(8-6-11)10(14)9-12(3)4;5-3(6)1-2-4(7)8/h5-8H,9H2,1-4H3;1-2H,(H,5,6)(H,7,8)/b;2-1-. The smallest absolute Gasteiger partial charge is 0.328 e. The second-order valence-corrected chi connectivity index (χ2v) is 5.50. The lowest BCUT2D eigenvalue weighted by atomic mass is 9.92. The van der Waals surface area contributed by atoms with Gasteiger partial charge in [-0.2, -0.15) is 0 Å². The molecule has 0 radical (unpaired) electrons. The zero-order valence-corrected chi connectivity index (χ0v) is 13.2. The summed E-state index contributed by atoms with van der Waals surface area (Å²) in [6.07, 6.45) is 8.85. The number of hydrogen-bond donors (Lipinski definition) is 2. The lowest BCUT2D eigenvalue weighted by Crippen LogP contribution is -2.32. The lowest BCUT2D eigenvalue weighted by molar-refractivity contribution is -0.134. The molecule has 0 unspecified atom stereocenters. The van der Waals surface area contributed by atoms with Gasteiger partial charge in [0.15, 0.2) is 0 Å². The fourth-order valence-electron chi connectivity index (χ4n) is 1.31. The molecule has 0 fully saturated rings. The van der Waals surface area contributed by atoms with Crippen molar-refractivity contribution in [1.82, 2.24) is 9.80 Å². The third kappa shape index (κ3) is 9.49. The summed E-state index contributed by atoms with van der Waals surface area (Å²) in [5.74, 6) is -2.42. The van der Waals surface area contributed by atoms with Crippen molar-refractivity contribution in [2.24, 2.45) is 5.41 Å². The average Bonchev–Trinajstić information content (AvgIpc) is 2.36. The van der Waals surface area contributed by atoms with Crippen LogP contribution in [0.25, 0.3) is 0 Å². The van der Waals surface area contributed by atoms with Crippen LogP contribution in [-0.2, 0) is 14.4 Å². The molecule has 0 spiro atoms. The Kier molecular flexibility index (Phi) is 7.82. The Morgan fingerprint density at radius 3 is 1.77 bits per heavy atom. The Bertz CT molecular complexity index is 472. The van der Waals surface area contributed by atoms with Gasteiger partial charge in [0, 0.05) is 30.0 Å². The molecule has 7 nitrogen and oxygen atoms in total. The largest absolute Gasteiger partial charge is 0.478 e. The summed E-state index contributed by atoms with van der Waals surface area (Å²) in [4.78, 5) is 34.2. The minimum Gasteiger partial charge on any atom is -0.478 e. The number of amides is 1. The number of allylic oxidation sites excluding steroid dienone is 2. The van der Waals surface area contributed by atoms with Crippen LogP contribution < -0.4 is 0 Å². The third-order valence-corrected chi connectivity index (χ3v) is 2.44. The second-order valence-electron chi connectivity index (χ2n) is 5.50. The van der Waals surface area contributed by atoms with Gasteiger partial charge in [-0.25, -0.2) is 9.59 Å². The number of rotatable bonds is 4. The molecular weight excluding hydrogens is 288 g/mol. The van der Waals surface area contributed by atoms with Crippen molar-refractivity contribution in [1.29, 1.82) is 0 Å². The minimum absolute atomic E-state index is 0.0644. The number of aliphatic carboxylic acids is 2. The van der Waals surface area contributed by atoms with E-state index in [1.54, 1.807) is 4.90 Å². The molecule has 0 saturated carbocycles. The van der Waals surface area contributed by atoms with E-state index in [0.717, 1.165) is 0 Å². The average molecular weight is 310 g/mol. The van der Waals surface area contributed by atoms with Gasteiger partial charge in [0.2, 0.25) is 5.91 Å². The normalized spacial score (nSPS) is 15.6. The van der Waals surface area contributed by atoms with Crippen molar-refractivity contribution < 1.29 is 24.6 Å². The SMILES string of the molecule is CN(C)CC(=O)N1C=CC(C)(C)C=C1.O=C(O)/C=C\C(=O)O. The van der Waals surface area contributed by atoms with Gasteiger partial charge in [-0.1, -0.05) is 26.0 Å². The van der Waals surface area contributed by atoms with Crippen LogP contribution in [0, 0.1) is 5.41 Å². The molecule has 122 valence electrons. The Morgan fingerprint density at radius 1 is 1.05 bits per heavy atom. The number of carbonyl (C=O) groups excluding carboxylic acids is 1. The quantitative estimate of drug-likeness (QED) is 0.756. The zero-order chi connectivity index (χ0) is 17.3. The Balaban J connectivity index is 0.000000472. The Hall–Kier alpha value is -2.41. The van der Waals surface area contributed by atoms with Gasteiger partial charge in [-0.15, -0.1) is 0 Å². The van der Waals surface area contributed by atoms with Gasteiger partial charge < -0.3 is 15.1 Å². The summed E-state index contributed by atoms with van der Waals surface area (Å²) in [6, 6.07) is 0. The highest BCUT2D eigenvalue weighted by atomic mass is 16.4. The molecule has 0 aliphatic carbocycles. The molecule has 1 aliphatic rings. The summed E-state index contributed by atoms with van der Waals surface area (Å²) in [6.45, 7) is 4.65. The zero-order valence-electron chi connectivity index (χ0n) is 13.2. The molecule has 0 saturated heterocycles. The number of hydrogen-bond acceptors (Lipinski definition) is 4. The first kappa shape index (κ1) is 19.6. The molecule has 22 heavy (non-hydrogen) atoms. The summed E-state index contributed by atoms with van der Waals surface area (Å²) in [5, 5.41) is 15.6. The van der Waals surface area contributed by atoms with E-state index in [-0.39, 0.29) is 11.3 Å². The minimum atomic E-state index is -1.26. The van der Waals surface area contributed by atoms with Gasteiger partial charge >= 0.3 is 11.9 Å². The van der Waals surface area contributed by atoms with E-state index in [4.69, 9.17) is 10.2 Å². The van der Waals surface area contributed by atoms with E-state index in [9.17, 15) is 14.4 Å². The molecule has 0 atom stereocenters. The monoisotopic (exact) mass is 310 g/mol. The van der Waals surface area contributed by atoms with Crippen LogP contribution in [0.4, 0.5) is 0 Å². The molecule has 1 amide bonds. The van der Waals surface area contributed by atoms with E-state index in [2.05, 4.69) is 13.8 Å². The van der Waals surface area contributed by atoms with Crippen LogP contribution >= 0.6 is 0 Å². The molecule has 0 aromatic rings. The summed E-state index contributed by atoms with van der Waals surface area (Å²) in [7, 11) is 3.78. The molecular formula is C15H22N2O5. The third-order valence-electron chi connectivity index (χ3n) is 2.44. The predicted molar refractivity (Wildman–Crippen MR) is 81.9 cm³/mol. The summed E-state index contributed by atoms with van der Waals surface area (Å²) in [5.41, 5.74) is 0.0644. The molecule has 2 N–H and O–H groups in total. The summed E-state index contributed by atoms with van der Waals surface area (Å²) >= 11 is 0. The Labute approximate surface area is 129 Å². The van der Waals surface area contributed by atoms with Crippen LogP contribution in [0.3, 0.4) is 0 Å². The number of carboxylic acids is 2. The first-order valence-electron chi connectivity index (χ1n) is 6.52. The fraction of sp³-hybridized carbons (Fsp3) is 0.400. The van der Waals surface area contributed by atoms with Gasteiger partial charge in [0.1, 0.15) is 0 Å². The molecule has 0 bridgehead atoms. The first-order chi connectivity index (χ1) is 10.0. The molecule has 0 aromatic carbocycles. The van der Waals surface area contributed by atoms with Crippen molar-refractivity contribution in [3.8, 4) is 0 Å². The van der Waals surface area contributed by atoms with Gasteiger partial charge in [0.25, 0.3) is 0 Å². The summed E-state index contributed by atoms with van der Waals surface area (Å²) < 4.78 is 0. The maximum absolute atomic E-state index is 11.6. The maximum atomic E-state index is 11.6. The van der Waals surface area contributed by atoms with Crippen LogP contribution in [0.2, 0.25) is 0 Å². The Morgan fingerprint density at radius 2 is 1.45 bits per heavy atom. The number of likely N-dealkylation sites (N-methyl/N-ethyl adjacent to an activating group) is 1. The van der Waals surface area contributed by atoms with Crippen molar-refractivity contribution in [2.45, 2.75) is 13.8 Å². The van der Waals surface area contributed by atoms with Crippen LogP contribution in [-0.4, -0.2) is 58.5 Å². The van der Waals surface area contributed by atoms with E-state index < -0.39 is 11.9 Å². The lowest BCUT2D eigenvalue weighted by Gasteiger charge is -2.25. The van der Waals surface area contributed by atoms with Crippen LogP contribution in [0.5, 0.6) is 0 Å².